The third-order valence-electron chi connectivity index (χ3n) is 5.27. The number of hydrogen-bond donors (Lipinski definition) is 0. The van der Waals surface area contributed by atoms with Gasteiger partial charge in [0.2, 0.25) is 11.8 Å². The van der Waals surface area contributed by atoms with Gasteiger partial charge in [0.05, 0.1) is 6.04 Å². The van der Waals surface area contributed by atoms with E-state index in [4.69, 9.17) is 0 Å². The number of halogens is 1. The van der Waals surface area contributed by atoms with Crippen LogP contribution in [0, 0.1) is 17.7 Å². The zero-order valence-electron chi connectivity index (χ0n) is 15.1. The molecule has 25 heavy (non-hydrogen) atoms. The predicted molar refractivity (Wildman–Crippen MR) is 94.1 cm³/mol. The Balaban J connectivity index is 1.74. The Bertz CT molecular complexity index is 625. The van der Waals surface area contributed by atoms with Crippen molar-refractivity contribution in [2.45, 2.75) is 52.1 Å². The van der Waals surface area contributed by atoms with Crippen LogP contribution in [0.5, 0.6) is 0 Å². The van der Waals surface area contributed by atoms with Crippen LogP contribution in [0.15, 0.2) is 24.3 Å². The summed E-state index contributed by atoms with van der Waals surface area (Å²) in [4.78, 5) is 29.0. The van der Waals surface area contributed by atoms with Crippen LogP contribution < -0.4 is 0 Å². The molecule has 2 aliphatic rings. The first kappa shape index (κ1) is 17.9. The van der Waals surface area contributed by atoms with Crippen LogP contribution in [-0.2, 0) is 16.1 Å². The summed E-state index contributed by atoms with van der Waals surface area (Å²) in [6, 6.07) is 6.28. The molecule has 0 unspecified atom stereocenters. The molecule has 1 saturated carbocycles. The van der Waals surface area contributed by atoms with E-state index in [-0.39, 0.29) is 29.6 Å². The zero-order valence-corrected chi connectivity index (χ0v) is 15.1. The lowest BCUT2D eigenvalue weighted by Gasteiger charge is -2.35. The van der Waals surface area contributed by atoms with Crippen molar-refractivity contribution < 1.29 is 14.0 Å². The first-order valence-corrected chi connectivity index (χ1v) is 9.25. The van der Waals surface area contributed by atoms with Crippen molar-refractivity contribution in [3.8, 4) is 0 Å². The number of rotatable bonds is 5. The Labute approximate surface area is 149 Å². The Morgan fingerprint density at radius 2 is 1.92 bits per heavy atom. The minimum absolute atomic E-state index is 0.0109. The number of hydrogen-bond acceptors (Lipinski definition) is 2. The molecule has 1 aromatic carbocycles. The van der Waals surface area contributed by atoms with Gasteiger partial charge in [0, 0.05) is 32.5 Å². The number of carbonyl (C=O) groups excluding carboxylic acids is 2. The molecule has 0 spiro atoms. The Morgan fingerprint density at radius 3 is 2.52 bits per heavy atom. The van der Waals surface area contributed by atoms with Gasteiger partial charge in [-0.25, -0.2) is 4.39 Å². The van der Waals surface area contributed by atoms with Crippen molar-refractivity contribution in [3.05, 3.63) is 35.6 Å². The van der Waals surface area contributed by atoms with Gasteiger partial charge in [-0.15, -0.1) is 0 Å². The molecule has 2 amide bonds. The Morgan fingerprint density at radius 1 is 1.24 bits per heavy atom. The highest BCUT2D eigenvalue weighted by Crippen LogP contribution is 2.33. The third-order valence-corrected chi connectivity index (χ3v) is 5.27. The average molecular weight is 346 g/mol. The van der Waals surface area contributed by atoms with Crippen LogP contribution >= 0.6 is 0 Å². The summed E-state index contributed by atoms with van der Waals surface area (Å²) in [5.74, 6) is 0.788. The maximum atomic E-state index is 13.1. The van der Waals surface area contributed by atoms with Gasteiger partial charge in [0.1, 0.15) is 5.82 Å². The fourth-order valence-corrected chi connectivity index (χ4v) is 3.46. The zero-order chi connectivity index (χ0) is 18.0. The standard InChI is InChI=1S/C20H27FN2O2/c1-14(2)18-13-22(20(25)11-15-3-4-15)10-9-19(24)23(18)12-16-5-7-17(21)8-6-16/h5-8,14-15,18H,3-4,9-13H2,1-2H3/t18-/m0/s1. The Kier molecular flexibility index (Phi) is 5.40. The summed E-state index contributed by atoms with van der Waals surface area (Å²) in [6.45, 7) is 5.74. The molecule has 1 aliphatic carbocycles. The largest absolute Gasteiger partial charge is 0.340 e. The summed E-state index contributed by atoms with van der Waals surface area (Å²) in [5, 5.41) is 0. The van der Waals surface area contributed by atoms with Gasteiger partial charge in [-0.1, -0.05) is 26.0 Å². The van der Waals surface area contributed by atoms with Crippen LogP contribution in [0.2, 0.25) is 0 Å². The van der Waals surface area contributed by atoms with Gasteiger partial charge in [-0.05, 0) is 42.4 Å². The molecule has 3 rings (SSSR count). The Hall–Kier alpha value is -1.91. The fraction of sp³-hybridized carbons (Fsp3) is 0.600. The van der Waals surface area contributed by atoms with Gasteiger partial charge in [0.25, 0.3) is 0 Å². The molecule has 136 valence electrons. The predicted octanol–water partition coefficient (Wildman–Crippen LogP) is 3.21. The van der Waals surface area contributed by atoms with Crippen molar-refractivity contribution in [1.82, 2.24) is 9.80 Å². The maximum Gasteiger partial charge on any atom is 0.224 e. The summed E-state index contributed by atoms with van der Waals surface area (Å²) in [6.07, 6.45) is 3.30. The van der Waals surface area contributed by atoms with Crippen molar-refractivity contribution in [1.29, 1.82) is 0 Å². The van der Waals surface area contributed by atoms with E-state index in [1.54, 1.807) is 12.1 Å². The highest BCUT2D eigenvalue weighted by atomic mass is 19.1. The highest BCUT2D eigenvalue weighted by Gasteiger charge is 2.35. The van der Waals surface area contributed by atoms with E-state index < -0.39 is 0 Å². The van der Waals surface area contributed by atoms with E-state index in [0.29, 0.717) is 38.4 Å². The van der Waals surface area contributed by atoms with E-state index in [2.05, 4.69) is 13.8 Å². The van der Waals surface area contributed by atoms with Crippen molar-refractivity contribution in [2.24, 2.45) is 11.8 Å². The summed E-state index contributed by atoms with van der Waals surface area (Å²) < 4.78 is 13.1. The smallest absolute Gasteiger partial charge is 0.224 e. The second-order valence-corrected chi connectivity index (χ2v) is 7.70. The molecule has 1 heterocycles. The van der Waals surface area contributed by atoms with E-state index in [9.17, 15) is 14.0 Å². The molecule has 5 heteroatoms. The number of nitrogens with zero attached hydrogens (tertiary/aromatic N) is 2. The van der Waals surface area contributed by atoms with E-state index in [1.807, 2.05) is 9.80 Å². The summed E-state index contributed by atoms with van der Waals surface area (Å²) in [5.41, 5.74) is 0.915. The van der Waals surface area contributed by atoms with Gasteiger partial charge < -0.3 is 9.80 Å². The maximum absolute atomic E-state index is 13.1. The SMILES string of the molecule is CC(C)[C@@H]1CN(C(=O)CC2CC2)CCC(=O)N1Cc1ccc(F)cc1. The number of carbonyl (C=O) groups is 2. The quantitative estimate of drug-likeness (QED) is 0.821. The molecule has 0 radical (unpaired) electrons. The molecule has 1 aromatic rings. The second-order valence-electron chi connectivity index (χ2n) is 7.70. The number of benzene rings is 1. The topological polar surface area (TPSA) is 40.6 Å². The van der Waals surface area contributed by atoms with E-state index in [1.165, 1.54) is 12.1 Å². The molecule has 0 bridgehead atoms. The molecule has 1 saturated heterocycles. The average Bonchev–Trinajstić information content (AvgIpc) is 3.39. The molecule has 4 nitrogen and oxygen atoms in total. The van der Waals surface area contributed by atoms with Crippen LogP contribution in [0.25, 0.3) is 0 Å². The molecular weight excluding hydrogens is 319 g/mol. The summed E-state index contributed by atoms with van der Waals surface area (Å²) >= 11 is 0. The van der Waals surface area contributed by atoms with E-state index in [0.717, 1.165) is 18.4 Å². The molecule has 2 fully saturated rings. The molecule has 1 atom stereocenters. The van der Waals surface area contributed by atoms with Crippen LogP contribution in [0.1, 0.15) is 45.1 Å². The highest BCUT2D eigenvalue weighted by molar-refractivity contribution is 5.81. The molecular formula is C20H27FN2O2. The van der Waals surface area contributed by atoms with Crippen LogP contribution in [0.4, 0.5) is 4.39 Å². The van der Waals surface area contributed by atoms with Crippen molar-refractivity contribution >= 4 is 11.8 Å². The molecule has 0 N–H and O–H groups in total. The van der Waals surface area contributed by atoms with Gasteiger partial charge >= 0.3 is 0 Å². The summed E-state index contributed by atoms with van der Waals surface area (Å²) in [7, 11) is 0. The van der Waals surface area contributed by atoms with Gasteiger partial charge in [0.15, 0.2) is 0 Å². The fourth-order valence-electron chi connectivity index (χ4n) is 3.46. The lowest BCUT2D eigenvalue weighted by Crippen LogP contribution is -2.47. The van der Waals surface area contributed by atoms with Crippen LogP contribution in [-0.4, -0.2) is 40.7 Å². The normalized spacial score (nSPS) is 21.6. The van der Waals surface area contributed by atoms with Gasteiger partial charge in [-0.3, -0.25) is 9.59 Å². The minimum Gasteiger partial charge on any atom is -0.340 e. The molecule has 1 aliphatic heterocycles. The third kappa shape index (κ3) is 4.59. The second kappa shape index (κ2) is 7.54. The lowest BCUT2D eigenvalue weighted by atomic mass is 10.0. The first-order chi connectivity index (χ1) is 11.9. The molecule has 0 aromatic heterocycles. The monoisotopic (exact) mass is 346 g/mol. The van der Waals surface area contributed by atoms with Gasteiger partial charge in [-0.2, -0.15) is 0 Å². The van der Waals surface area contributed by atoms with Crippen LogP contribution in [0.3, 0.4) is 0 Å². The first-order valence-electron chi connectivity index (χ1n) is 9.25. The minimum atomic E-state index is -0.275. The number of amides is 2. The van der Waals surface area contributed by atoms with Crippen molar-refractivity contribution in [3.63, 3.8) is 0 Å². The van der Waals surface area contributed by atoms with E-state index >= 15 is 0 Å². The van der Waals surface area contributed by atoms with Crippen molar-refractivity contribution in [2.75, 3.05) is 13.1 Å². The lowest BCUT2D eigenvalue weighted by molar-refractivity contribution is -0.134.